The maximum Gasteiger partial charge on any atom is 0.305 e. The van der Waals surface area contributed by atoms with E-state index in [2.05, 4.69) is 14.8 Å². The molecule has 1 saturated heterocycles. The number of methoxy groups -OCH3 is 1. The number of rotatable bonds is 6. The SMILES string of the molecule is COC(=O)CCCS(=O)(=O)NC1CNC(=O)C1. The molecule has 1 rings (SSSR count). The van der Waals surface area contributed by atoms with Gasteiger partial charge in [-0.2, -0.15) is 0 Å². The minimum Gasteiger partial charge on any atom is -0.469 e. The monoisotopic (exact) mass is 264 g/mol. The lowest BCUT2D eigenvalue weighted by Crippen LogP contribution is -2.37. The second kappa shape index (κ2) is 5.97. The Bertz CT molecular complexity index is 392. The van der Waals surface area contributed by atoms with Crippen molar-refractivity contribution in [3.8, 4) is 0 Å². The van der Waals surface area contributed by atoms with Gasteiger partial charge in [-0.3, -0.25) is 9.59 Å². The maximum atomic E-state index is 11.6. The molecule has 1 aliphatic rings. The normalized spacial score (nSPS) is 20.1. The van der Waals surface area contributed by atoms with Crippen LogP contribution in [0.4, 0.5) is 0 Å². The van der Waals surface area contributed by atoms with Crippen molar-refractivity contribution in [2.45, 2.75) is 25.3 Å². The van der Waals surface area contributed by atoms with Crippen molar-refractivity contribution in [1.82, 2.24) is 10.0 Å². The van der Waals surface area contributed by atoms with Crippen LogP contribution in [-0.2, 0) is 24.3 Å². The number of carbonyl (C=O) groups is 2. The number of sulfonamides is 1. The van der Waals surface area contributed by atoms with Crippen LogP contribution in [-0.4, -0.2) is 45.7 Å². The Hall–Kier alpha value is -1.15. The van der Waals surface area contributed by atoms with E-state index in [4.69, 9.17) is 0 Å². The van der Waals surface area contributed by atoms with Crippen molar-refractivity contribution >= 4 is 21.9 Å². The third-order valence-electron chi connectivity index (χ3n) is 2.35. The predicted octanol–water partition coefficient (Wildman–Crippen LogP) is -1.25. The van der Waals surface area contributed by atoms with Gasteiger partial charge >= 0.3 is 5.97 Å². The molecule has 0 radical (unpaired) electrons. The summed E-state index contributed by atoms with van der Waals surface area (Å²) in [4.78, 5) is 21.7. The summed E-state index contributed by atoms with van der Waals surface area (Å²) >= 11 is 0. The van der Waals surface area contributed by atoms with E-state index in [1.165, 1.54) is 7.11 Å². The number of carbonyl (C=O) groups excluding carboxylic acids is 2. The second-order valence-electron chi connectivity index (χ2n) is 3.82. The first-order valence-corrected chi connectivity index (χ1v) is 6.91. The molecule has 1 atom stereocenters. The molecule has 1 fully saturated rings. The molecule has 1 aliphatic heterocycles. The summed E-state index contributed by atoms with van der Waals surface area (Å²) < 4.78 is 29.9. The van der Waals surface area contributed by atoms with Gasteiger partial charge in [0.2, 0.25) is 15.9 Å². The number of esters is 1. The Balaban J connectivity index is 2.31. The molecule has 1 amide bonds. The molecule has 0 aromatic carbocycles. The van der Waals surface area contributed by atoms with E-state index in [1.807, 2.05) is 0 Å². The Kier molecular flexibility index (Phi) is 4.88. The van der Waals surface area contributed by atoms with E-state index in [0.29, 0.717) is 6.54 Å². The standard InChI is InChI=1S/C9H16N2O5S/c1-16-9(13)3-2-4-17(14,15)11-7-5-8(12)10-6-7/h7,11H,2-6H2,1H3,(H,10,12). The molecule has 17 heavy (non-hydrogen) atoms. The highest BCUT2D eigenvalue weighted by atomic mass is 32.2. The summed E-state index contributed by atoms with van der Waals surface area (Å²) in [6.07, 6.45) is 0.436. The van der Waals surface area contributed by atoms with Gasteiger partial charge in [-0.1, -0.05) is 0 Å². The molecular formula is C9H16N2O5S. The molecule has 98 valence electrons. The van der Waals surface area contributed by atoms with Crippen LogP contribution in [0.3, 0.4) is 0 Å². The van der Waals surface area contributed by atoms with Crippen LogP contribution in [0, 0.1) is 0 Å². The van der Waals surface area contributed by atoms with Gasteiger partial charge in [-0.05, 0) is 6.42 Å². The second-order valence-corrected chi connectivity index (χ2v) is 5.69. The fourth-order valence-corrected chi connectivity index (χ4v) is 2.83. The number of hydrogen-bond donors (Lipinski definition) is 2. The number of ether oxygens (including phenoxy) is 1. The first-order valence-electron chi connectivity index (χ1n) is 5.26. The van der Waals surface area contributed by atoms with E-state index < -0.39 is 16.0 Å². The van der Waals surface area contributed by atoms with Crippen LogP contribution in [0.15, 0.2) is 0 Å². The van der Waals surface area contributed by atoms with Crippen LogP contribution in [0.1, 0.15) is 19.3 Å². The molecule has 1 unspecified atom stereocenters. The molecule has 0 bridgehead atoms. The Morgan fingerprint density at radius 1 is 1.59 bits per heavy atom. The van der Waals surface area contributed by atoms with E-state index in [9.17, 15) is 18.0 Å². The van der Waals surface area contributed by atoms with Crippen LogP contribution >= 0.6 is 0 Å². The molecular weight excluding hydrogens is 248 g/mol. The van der Waals surface area contributed by atoms with Crippen LogP contribution in [0.25, 0.3) is 0 Å². The van der Waals surface area contributed by atoms with Crippen molar-refractivity contribution in [1.29, 1.82) is 0 Å². The van der Waals surface area contributed by atoms with Gasteiger partial charge in [-0.15, -0.1) is 0 Å². The molecule has 2 N–H and O–H groups in total. The average Bonchev–Trinajstić information content (AvgIpc) is 2.62. The summed E-state index contributed by atoms with van der Waals surface area (Å²) in [5.41, 5.74) is 0. The first-order chi connectivity index (χ1) is 7.93. The molecule has 0 spiro atoms. The molecule has 0 aromatic rings. The fraction of sp³-hybridized carbons (Fsp3) is 0.778. The van der Waals surface area contributed by atoms with E-state index in [0.717, 1.165) is 0 Å². The van der Waals surface area contributed by atoms with Crippen LogP contribution in [0.5, 0.6) is 0 Å². The van der Waals surface area contributed by atoms with E-state index in [1.54, 1.807) is 0 Å². The van der Waals surface area contributed by atoms with Crippen molar-refractivity contribution < 1.29 is 22.7 Å². The predicted molar refractivity (Wildman–Crippen MR) is 59.6 cm³/mol. The average molecular weight is 264 g/mol. The smallest absolute Gasteiger partial charge is 0.305 e. The van der Waals surface area contributed by atoms with Gasteiger partial charge in [0.15, 0.2) is 0 Å². The van der Waals surface area contributed by atoms with E-state index >= 15 is 0 Å². The van der Waals surface area contributed by atoms with Gasteiger partial charge in [0, 0.05) is 25.4 Å². The third-order valence-corrected chi connectivity index (χ3v) is 3.86. The highest BCUT2D eigenvalue weighted by Crippen LogP contribution is 2.03. The number of hydrogen-bond acceptors (Lipinski definition) is 5. The molecule has 0 saturated carbocycles. The zero-order chi connectivity index (χ0) is 12.9. The Morgan fingerprint density at radius 2 is 2.29 bits per heavy atom. The summed E-state index contributed by atoms with van der Waals surface area (Å²) in [5, 5.41) is 2.54. The molecule has 7 nitrogen and oxygen atoms in total. The lowest BCUT2D eigenvalue weighted by molar-refractivity contribution is -0.140. The minimum absolute atomic E-state index is 0.0687. The summed E-state index contributed by atoms with van der Waals surface area (Å²) in [6.45, 7) is 0.315. The summed E-state index contributed by atoms with van der Waals surface area (Å²) in [7, 11) is -2.19. The zero-order valence-corrected chi connectivity index (χ0v) is 10.4. The van der Waals surface area contributed by atoms with Gasteiger partial charge in [0.05, 0.1) is 12.9 Å². The summed E-state index contributed by atoms with van der Waals surface area (Å²) in [6, 6.07) is -0.384. The summed E-state index contributed by atoms with van der Waals surface area (Å²) in [5.74, 6) is -0.738. The van der Waals surface area contributed by atoms with Crippen molar-refractivity contribution in [3.63, 3.8) is 0 Å². The lowest BCUT2D eigenvalue weighted by Gasteiger charge is -2.10. The number of amides is 1. The minimum atomic E-state index is -3.44. The van der Waals surface area contributed by atoms with Crippen molar-refractivity contribution in [2.24, 2.45) is 0 Å². The Morgan fingerprint density at radius 3 is 2.82 bits per heavy atom. The Labute approximate surface area is 100.0 Å². The third kappa shape index (κ3) is 5.14. The molecule has 1 heterocycles. The lowest BCUT2D eigenvalue weighted by atomic mass is 10.3. The van der Waals surface area contributed by atoms with Gasteiger partial charge < -0.3 is 10.1 Å². The molecule has 8 heteroatoms. The van der Waals surface area contributed by atoms with Gasteiger partial charge in [0.25, 0.3) is 0 Å². The van der Waals surface area contributed by atoms with Crippen molar-refractivity contribution in [3.05, 3.63) is 0 Å². The maximum absolute atomic E-state index is 11.6. The largest absolute Gasteiger partial charge is 0.469 e. The molecule has 0 aliphatic carbocycles. The van der Waals surface area contributed by atoms with Gasteiger partial charge in [-0.25, -0.2) is 13.1 Å². The van der Waals surface area contributed by atoms with Crippen molar-refractivity contribution in [2.75, 3.05) is 19.4 Å². The zero-order valence-electron chi connectivity index (χ0n) is 9.56. The number of nitrogens with one attached hydrogen (secondary N) is 2. The highest BCUT2D eigenvalue weighted by molar-refractivity contribution is 7.89. The van der Waals surface area contributed by atoms with Gasteiger partial charge in [0.1, 0.15) is 0 Å². The first kappa shape index (κ1) is 13.9. The highest BCUT2D eigenvalue weighted by Gasteiger charge is 2.25. The van der Waals surface area contributed by atoms with E-state index in [-0.39, 0.29) is 37.0 Å². The quantitative estimate of drug-likeness (QED) is 0.583. The fourth-order valence-electron chi connectivity index (χ4n) is 1.51. The van der Waals surface area contributed by atoms with Crippen LogP contribution < -0.4 is 10.0 Å². The topological polar surface area (TPSA) is 102 Å². The van der Waals surface area contributed by atoms with Crippen LogP contribution in [0.2, 0.25) is 0 Å². The molecule has 0 aromatic heterocycles.